The van der Waals surface area contributed by atoms with Gasteiger partial charge in [0.05, 0.1) is 12.1 Å². The van der Waals surface area contributed by atoms with Crippen molar-refractivity contribution >= 4 is 23.8 Å². The maximum Gasteiger partial charge on any atom is 0.318 e. The zero-order valence-corrected chi connectivity index (χ0v) is 11.4. The third kappa shape index (κ3) is 2.74. The van der Waals surface area contributed by atoms with Crippen molar-refractivity contribution < 1.29 is 14.7 Å². The fraction of sp³-hybridized carbons (Fsp3) is 0.833. The van der Waals surface area contributed by atoms with Crippen molar-refractivity contribution in [2.45, 2.75) is 49.9 Å². The zero-order chi connectivity index (χ0) is 13.1. The molecule has 0 saturated carbocycles. The Hall–Kier alpha value is -0.910. The highest BCUT2D eigenvalue weighted by molar-refractivity contribution is 8.00. The number of aliphatic carboxylic acids is 1. The second kappa shape index (κ2) is 5.82. The van der Waals surface area contributed by atoms with E-state index in [9.17, 15) is 9.59 Å². The van der Waals surface area contributed by atoms with Crippen LogP contribution >= 0.6 is 11.8 Å². The van der Waals surface area contributed by atoms with Crippen molar-refractivity contribution in [2.24, 2.45) is 0 Å². The molecule has 2 saturated heterocycles. The molecule has 2 aliphatic heterocycles. The third-order valence-corrected chi connectivity index (χ3v) is 5.21. The Kier molecular flexibility index (Phi) is 4.37. The van der Waals surface area contributed by atoms with Gasteiger partial charge in [0.1, 0.15) is 0 Å². The molecule has 18 heavy (non-hydrogen) atoms. The molecular formula is C12H20N2O3S. The van der Waals surface area contributed by atoms with Crippen molar-refractivity contribution in [1.29, 1.82) is 0 Å². The fourth-order valence-corrected chi connectivity index (χ4v) is 4.41. The van der Waals surface area contributed by atoms with Crippen LogP contribution in [-0.2, 0) is 4.79 Å². The van der Waals surface area contributed by atoms with E-state index in [1.54, 1.807) is 0 Å². The molecule has 3 atom stereocenters. The molecule has 2 amide bonds. The summed E-state index contributed by atoms with van der Waals surface area (Å²) in [5.74, 6) is 0.277. The van der Waals surface area contributed by atoms with E-state index in [1.165, 1.54) is 0 Å². The molecule has 0 radical (unpaired) electrons. The minimum Gasteiger partial charge on any atom is -0.481 e. The van der Waals surface area contributed by atoms with Crippen molar-refractivity contribution in [2.75, 3.05) is 12.3 Å². The van der Waals surface area contributed by atoms with Crippen molar-refractivity contribution in [3.8, 4) is 0 Å². The lowest BCUT2D eigenvalue weighted by atomic mass is 10.0. The van der Waals surface area contributed by atoms with Gasteiger partial charge in [0, 0.05) is 24.0 Å². The molecule has 0 aliphatic carbocycles. The van der Waals surface area contributed by atoms with E-state index in [-0.39, 0.29) is 18.5 Å². The van der Waals surface area contributed by atoms with E-state index >= 15 is 0 Å². The van der Waals surface area contributed by atoms with E-state index in [4.69, 9.17) is 5.11 Å². The van der Waals surface area contributed by atoms with Gasteiger partial charge in [0.25, 0.3) is 0 Å². The predicted molar refractivity (Wildman–Crippen MR) is 70.8 cm³/mol. The van der Waals surface area contributed by atoms with Gasteiger partial charge in [0.15, 0.2) is 0 Å². The summed E-state index contributed by atoms with van der Waals surface area (Å²) in [5.41, 5.74) is 0. The first-order valence-electron chi connectivity index (χ1n) is 6.54. The predicted octanol–water partition coefficient (Wildman–Crippen LogP) is 1.53. The Balaban J connectivity index is 1.79. The number of likely N-dealkylation sites (N-methyl/N-ethyl adjacent to an activating group) is 1. The lowest BCUT2D eigenvalue weighted by molar-refractivity contribution is -0.137. The molecule has 6 heteroatoms. The van der Waals surface area contributed by atoms with Crippen LogP contribution in [0.4, 0.5) is 4.79 Å². The summed E-state index contributed by atoms with van der Waals surface area (Å²) in [6, 6.07) is 0.646. The SMILES string of the molecule is CCN1C(=O)N[C@@H]2[C@H](CCCCC(=O)O)SC[C@@H]21. The van der Waals surface area contributed by atoms with Crippen molar-refractivity contribution in [3.63, 3.8) is 0 Å². The maximum absolute atomic E-state index is 11.7. The number of nitrogens with zero attached hydrogens (tertiary/aromatic N) is 1. The standard InChI is InChI=1S/C12H20N2O3S/c1-2-14-8-7-18-9(11(8)13-12(14)17)5-3-4-6-10(15)16/h8-9,11H,2-7H2,1H3,(H,13,17)(H,15,16)/t8-,9-,11-/m0/s1. The van der Waals surface area contributed by atoms with Gasteiger partial charge in [-0.1, -0.05) is 6.42 Å². The van der Waals surface area contributed by atoms with Gasteiger partial charge in [-0.2, -0.15) is 11.8 Å². The van der Waals surface area contributed by atoms with Crippen LogP contribution in [0.25, 0.3) is 0 Å². The number of amides is 2. The van der Waals surface area contributed by atoms with Crippen molar-refractivity contribution in [1.82, 2.24) is 10.2 Å². The quantitative estimate of drug-likeness (QED) is 0.568. The lowest BCUT2D eigenvalue weighted by Crippen LogP contribution is -2.38. The minimum atomic E-state index is -0.724. The molecule has 0 aromatic carbocycles. The van der Waals surface area contributed by atoms with Crippen molar-refractivity contribution in [3.05, 3.63) is 0 Å². The summed E-state index contributed by atoms with van der Waals surface area (Å²) in [6.45, 7) is 2.77. The molecule has 102 valence electrons. The van der Waals surface area contributed by atoms with E-state index < -0.39 is 5.97 Å². The first-order chi connectivity index (χ1) is 8.63. The molecule has 0 spiro atoms. The molecule has 2 rings (SSSR count). The average molecular weight is 272 g/mol. The van der Waals surface area contributed by atoms with Gasteiger partial charge < -0.3 is 15.3 Å². The Morgan fingerprint density at radius 2 is 2.33 bits per heavy atom. The number of nitrogens with one attached hydrogen (secondary N) is 1. The van der Waals surface area contributed by atoms with Crippen LogP contribution in [0.15, 0.2) is 0 Å². The third-order valence-electron chi connectivity index (χ3n) is 3.72. The Morgan fingerprint density at radius 3 is 3.00 bits per heavy atom. The van der Waals surface area contributed by atoms with Crippen LogP contribution in [0.2, 0.25) is 0 Å². The van der Waals surface area contributed by atoms with Crippen LogP contribution in [0, 0.1) is 0 Å². The number of hydrogen-bond acceptors (Lipinski definition) is 3. The van der Waals surface area contributed by atoms with Gasteiger partial charge >= 0.3 is 12.0 Å². The lowest BCUT2D eigenvalue weighted by Gasteiger charge is -2.19. The van der Waals surface area contributed by atoms with Crippen LogP contribution in [0.1, 0.15) is 32.6 Å². The highest BCUT2D eigenvalue weighted by Gasteiger charge is 2.46. The number of carbonyl (C=O) groups is 2. The van der Waals surface area contributed by atoms with E-state index in [1.807, 2.05) is 23.6 Å². The van der Waals surface area contributed by atoms with Gasteiger partial charge in [-0.15, -0.1) is 0 Å². The first-order valence-corrected chi connectivity index (χ1v) is 7.59. The number of hydrogen-bond donors (Lipinski definition) is 2. The summed E-state index contributed by atoms with van der Waals surface area (Å²) < 4.78 is 0. The molecule has 5 nitrogen and oxygen atoms in total. The number of carboxylic acids is 1. The van der Waals surface area contributed by atoms with Crippen LogP contribution in [0.3, 0.4) is 0 Å². The molecule has 0 bridgehead atoms. The molecule has 2 aliphatic rings. The summed E-state index contributed by atoms with van der Waals surface area (Å²) in [4.78, 5) is 24.1. The molecule has 0 unspecified atom stereocenters. The number of unbranched alkanes of at least 4 members (excludes halogenated alkanes) is 1. The average Bonchev–Trinajstić information content (AvgIpc) is 2.82. The topological polar surface area (TPSA) is 69.6 Å². The van der Waals surface area contributed by atoms with Gasteiger partial charge in [0.2, 0.25) is 0 Å². The van der Waals surface area contributed by atoms with Gasteiger partial charge in [-0.05, 0) is 19.8 Å². The maximum atomic E-state index is 11.7. The second-order valence-electron chi connectivity index (χ2n) is 4.84. The number of rotatable bonds is 6. The minimum absolute atomic E-state index is 0.0586. The van der Waals surface area contributed by atoms with E-state index in [2.05, 4.69) is 5.32 Å². The molecule has 2 N–H and O–H groups in total. The number of carbonyl (C=O) groups excluding carboxylic acids is 1. The Bertz CT molecular complexity index is 337. The zero-order valence-electron chi connectivity index (χ0n) is 10.6. The molecule has 0 aromatic heterocycles. The Morgan fingerprint density at radius 1 is 1.56 bits per heavy atom. The molecule has 0 aromatic rings. The molecule has 2 fully saturated rings. The Labute approximate surface area is 111 Å². The van der Waals surface area contributed by atoms with Crippen LogP contribution < -0.4 is 5.32 Å². The van der Waals surface area contributed by atoms with Crippen LogP contribution in [0.5, 0.6) is 0 Å². The number of urea groups is 1. The number of fused-ring (bicyclic) bond motifs is 1. The summed E-state index contributed by atoms with van der Waals surface area (Å²) in [5, 5.41) is 12.1. The highest BCUT2D eigenvalue weighted by atomic mass is 32.2. The molecular weight excluding hydrogens is 252 g/mol. The fourth-order valence-electron chi connectivity index (χ4n) is 2.79. The van der Waals surface area contributed by atoms with Crippen LogP contribution in [-0.4, -0.2) is 51.6 Å². The summed E-state index contributed by atoms with van der Waals surface area (Å²) in [6.07, 6.45) is 2.90. The van der Waals surface area contributed by atoms with Gasteiger partial charge in [-0.3, -0.25) is 4.79 Å². The highest BCUT2D eigenvalue weighted by Crippen LogP contribution is 2.36. The second-order valence-corrected chi connectivity index (χ2v) is 6.11. The molecule has 2 heterocycles. The van der Waals surface area contributed by atoms with Gasteiger partial charge in [-0.25, -0.2) is 4.79 Å². The van der Waals surface area contributed by atoms with E-state index in [0.717, 1.165) is 31.6 Å². The monoisotopic (exact) mass is 272 g/mol. The largest absolute Gasteiger partial charge is 0.481 e. The summed E-state index contributed by atoms with van der Waals surface area (Å²) in [7, 11) is 0. The number of carboxylic acid groups (broad SMARTS) is 1. The normalized spacial score (nSPS) is 30.4. The number of thioether (sulfide) groups is 1. The van der Waals surface area contributed by atoms with E-state index in [0.29, 0.717) is 11.3 Å². The first kappa shape index (κ1) is 13.5. The smallest absolute Gasteiger partial charge is 0.318 e. The summed E-state index contributed by atoms with van der Waals surface area (Å²) >= 11 is 1.91.